The molecule has 1 aliphatic heterocycles. The fourth-order valence-corrected chi connectivity index (χ4v) is 1.99. The molecule has 1 saturated heterocycles. The second kappa shape index (κ2) is 3.70. The van der Waals surface area contributed by atoms with Gasteiger partial charge in [-0.05, 0) is 6.92 Å². The number of hydrogen-bond acceptors (Lipinski definition) is 6. The average Bonchev–Trinajstić information content (AvgIpc) is 2.32. The minimum atomic E-state index is -3.06. The summed E-state index contributed by atoms with van der Waals surface area (Å²) in [6.45, 7) is 1.52. The Hall–Kier alpha value is -0.500. The molecule has 0 aromatic heterocycles. The molecule has 0 spiro atoms. The molecule has 0 saturated carbocycles. The predicted molar refractivity (Wildman–Crippen MR) is 45.5 cm³/mol. The Morgan fingerprint density at radius 3 is 2.62 bits per heavy atom. The molecule has 6 nitrogen and oxygen atoms in total. The van der Waals surface area contributed by atoms with E-state index in [9.17, 15) is 13.9 Å². The van der Waals surface area contributed by atoms with E-state index in [2.05, 4.69) is 8.92 Å². The van der Waals surface area contributed by atoms with Crippen LogP contribution in [0.2, 0.25) is 0 Å². The van der Waals surface area contributed by atoms with Gasteiger partial charge in [0.2, 0.25) is 0 Å². The van der Waals surface area contributed by atoms with Crippen LogP contribution in [0.4, 0.5) is 4.79 Å². The summed E-state index contributed by atoms with van der Waals surface area (Å²) in [5.74, 6) is 0. The molecule has 0 aromatic carbocycles. The molecular formula is C6H12O6S. The molecule has 0 aliphatic carbocycles. The van der Waals surface area contributed by atoms with Crippen LogP contribution in [0.5, 0.6) is 0 Å². The lowest BCUT2D eigenvalue weighted by atomic mass is 10.3. The van der Waals surface area contributed by atoms with Crippen LogP contribution in [0.15, 0.2) is 0 Å². The van der Waals surface area contributed by atoms with E-state index < -0.39 is 28.4 Å². The second-order valence-corrected chi connectivity index (χ2v) is 4.69. The molecule has 2 N–H and O–H groups in total. The first-order chi connectivity index (χ1) is 5.97. The second-order valence-electron chi connectivity index (χ2n) is 2.64. The molecule has 1 rings (SSSR count). The Balaban J connectivity index is 2.51. The minimum absolute atomic E-state index is 0.0153. The molecule has 1 fully saturated rings. The topological polar surface area (TPSA) is 85.2 Å². The van der Waals surface area contributed by atoms with Crippen molar-refractivity contribution in [2.45, 2.75) is 18.3 Å². The number of rotatable bonds is 1. The third-order valence-electron chi connectivity index (χ3n) is 1.83. The molecule has 1 aliphatic rings. The highest BCUT2D eigenvalue weighted by molar-refractivity contribution is 8.20. The van der Waals surface area contributed by atoms with Crippen molar-refractivity contribution in [2.24, 2.45) is 0 Å². The van der Waals surface area contributed by atoms with Gasteiger partial charge in [0.15, 0.2) is 0 Å². The van der Waals surface area contributed by atoms with Crippen molar-refractivity contribution >= 4 is 17.0 Å². The zero-order valence-electron chi connectivity index (χ0n) is 7.30. The van der Waals surface area contributed by atoms with Crippen molar-refractivity contribution in [2.75, 3.05) is 13.7 Å². The molecule has 78 valence electrons. The first-order valence-electron chi connectivity index (χ1n) is 3.63. The van der Waals surface area contributed by atoms with E-state index >= 15 is 0 Å². The number of carbonyl (C=O) groups is 1. The summed E-state index contributed by atoms with van der Waals surface area (Å²) in [4.78, 5) is 10.7. The number of methoxy groups -OCH3 is 1. The van der Waals surface area contributed by atoms with Gasteiger partial charge in [-0.2, -0.15) is 0 Å². The molecule has 7 heteroatoms. The number of hydrogen-bond donors (Lipinski definition) is 2. The highest BCUT2D eigenvalue weighted by Gasteiger charge is 2.43. The SMILES string of the molecule is COC(=O)OC1COS(O)(O)C1C. The van der Waals surface area contributed by atoms with Crippen molar-refractivity contribution in [1.82, 2.24) is 0 Å². The fourth-order valence-electron chi connectivity index (χ4n) is 0.909. The molecule has 0 radical (unpaired) electrons. The van der Waals surface area contributed by atoms with E-state index in [1.807, 2.05) is 0 Å². The molecular weight excluding hydrogens is 200 g/mol. The Kier molecular flexibility index (Phi) is 3.01. The molecule has 0 amide bonds. The summed E-state index contributed by atoms with van der Waals surface area (Å²) < 4.78 is 32.1. The molecule has 2 unspecified atom stereocenters. The van der Waals surface area contributed by atoms with Gasteiger partial charge < -0.3 is 18.6 Å². The number of carbonyl (C=O) groups excluding carboxylic acids is 1. The molecule has 13 heavy (non-hydrogen) atoms. The third kappa shape index (κ3) is 2.25. The Labute approximate surface area is 77.3 Å². The molecule has 1 heterocycles. The lowest BCUT2D eigenvalue weighted by molar-refractivity contribution is 0.0302. The molecule has 2 atom stereocenters. The van der Waals surface area contributed by atoms with Gasteiger partial charge in [0.25, 0.3) is 0 Å². The highest BCUT2D eigenvalue weighted by Crippen LogP contribution is 2.52. The summed E-state index contributed by atoms with van der Waals surface area (Å²) in [5.41, 5.74) is 0. The van der Waals surface area contributed by atoms with Crippen LogP contribution in [-0.2, 0) is 13.7 Å². The summed E-state index contributed by atoms with van der Waals surface area (Å²) in [6.07, 6.45) is -1.50. The van der Waals surface area contributed by atoms with Crippen molar-refractivity contribution in [3.8, 4) is 0 Å². The van der Waals surface area contributed by atoms with Crippen LogP contribution in [0.3, 0.4) is 0 Å². The van der Waals surface area contributed by atoms with Crippen molar-refractivity contribution < 1.29 is 27.6 Å². The van der Waals surface area contributed by atoms with Gasteiger partial charge in [-0.3, -0.25) is 4.18 Å². The molecule has 0 aromatic rings. The monoisotopic (exact) mass is 212 g/mol. The lowest BCUT2D eigenvalue weighted by Gasteiger charge is -2.24. The Bertz CT molecular complexity index is 205. The van der Waals surface area contributed by atoms with Crippen molar-refractivity contribution in [3.63, 3.8) is 0 Å². The predicted octanol–water partition coefficient (Wildman–Crippen LogP) is 1.22. The van der Waals surface area contributed by atoms with Crippen LogP contribution in [0.1, 0.15) is 6.92 Å². The standard InChI is InChI=1S/C6H12O6S/c1-4-5(12-6(7)10-2)3-11-13(4,8)9/h4-5,8-9H,3H2,1-2H3. The van der Waals surface area contributed by atoms with Crippen LogP contribution in [-0.4, -0.2) is 40.3 Å². The Morgan fingerprint density at radius 2 is 2.23 bits per heavy atom. The zero-order chi connectivity index (χ0) is 10.1. The van der Waals surface area contributed by atoms with E-state index in [1.54, 1.807) is 0 Å². The van der Waals surface area contributed by atoms with Gasteiger partial charge in [-0.25, -0.2) is 4.79 Å². The van der Waals surface area contributed by atoms with E-state index in [4.69, 9.17) is 4.74 Å². The van der Waals surface area contributed by atoms with Gasteiger partial charge in [-0.15, -0.1) is 0 Å². The average molecular weight is 212 g/mol. The smallest absolute Gasteiger partial charge is 0.438 e. The first kappa shape index (κ1) is 10.6. The van der Waals surface area contributed by atoms with E-state index in [0.29, 0.717) is 0 Å². The van der Waals surface area contributed by atoms with E-state index in [1.165, 1.54) is 14.0 Å². The number of ether oxygens (including phenoxy) is 2. The summed E-state index contributed by atoms with van der Waals surface area (Å²) in [6, 6.07) is 0. The summed E-state index contributed by atoms with van der Waals surface area (Å²) >= 11 is 0. The fraction of sp³-hybridized carbons (Fsp3) is 0.833. The summed E-state index contributed by atoms with van der Waals surface area (Å²) in [7, 11) is -1.88. The quantitative estimate of drug-likeness (QED) is 0.636. The van der Waals surface area contributed by atoms with Gasteiger partial charge in [0.1, 0.15) is 12.7 Å². The maximum atomic E-state index is 10.7. The van der Waals surface area contributed by atoms with Crippen molar-refractivity contribution in [1.29, 1.82) is 0 Å². The van der Waals surface area contributed by atoms with E-state index in [-0.39, 0.29) is 6.61 Å². The minimum Gasteiger partial charge on any atom is -0.438 e. The Morgan fingerprint density at radius 1 is 1.62 bits per heavy atom. The largest absolute Gasteiger partial charge is 0.508 e. The third-order valence-corrected chi connectivity index (χ3v) is 3.58. The van der Waals surface area contributed by atoms with Crippen LogP contribution in [0.25, 0.3) is 0 Å². The lowest BCUT2D eigenvalue weighted by Crippen LogP contribution is -2.28. The maximum absolute atomic E-state index is 10.7. The van der Waals surface area contributed by atoms with Crippen LogP contribution >= 0.6 is 10.9 Å². The van der Waals surface area contributed by atoms with E-state index in [0.717, 1.165) is 0 Å². The van der Waals surface area contributed by atoms with Gasteiger partial charge in [0, 0.05) is 0 Å². The van der Waals surface area contributed by atoms with Gasteiger partial charge in [0.05, 0.1) is 23.2 Å². The maximum Gasteiger partial charge on any atom is 0.508 e. The van der Waals surface area contributed by atoms with Crippen molar-refractivity contribution in [3.05, 3.63) is 0 Å². The zero-order valence-corrected chi connectivity index (χ0v) is 8.11. The highest BCUT2D eigenvalue weighted by atomic mass is 32.3. The van der Waals surface area contributed by atoms with Crippen LogP contribution < -0.4 is 0 Å². The van der Waals surface area contributed by atoms with Gasteiger partial charge in [-0.1, -0.05) is 0 Å². The normalized spacial score (nSPS) is 33.8. The summed E-state index contributed by atoms with van der Waals surface area (Å²) in [5, 5.41) is -0.619. The first-order valence-corrected chi connectivity index (χ1v) is 5.17. The van der Waals surface area contributed by atoms with Crippen LogP contribution in [0, 0.1) is 0 Å². The molecule has 0 bridgehead atoms. The van der Waals surface area contributed by atoms with Gasteiger partial charge >= 0.3 is 6.16 Å².